The van der Waals surface area contributed by atoms with Crippen LogP contribution < -0.4 is 11.1 Å². The summed E-state index contributed by atoms with van der Waals surface area (Å²) in [4.78, 5) is 11.6. The number of halogens is 1. The van der Waals surface area contributed by atoms with Gasteiger partial charge in [-0.1, -0.05) is 20.3 Å². The molecule has 0 aliphatic heterocycles. The number of carbonyl (C=O) groups excluding carboxylic acids is 1. The Morgan fingerprint density at radius 1 is 1.44 bits per heavy atom. The molecule has 4 nitrogen and oxygen atoms in total. The van der Waals surface area contributed by atoms with Crippen molar-refractivity contribution in [3.8, 4) is 0 Å². The molecule has 0 aliphatic rings. The van der Waals surface area contributed by atoms with Crippen LogP contribution in [0.2, 0.25) is 0 Å². The summed E-state index contributed by atoms with van der Waals surface area (Å²) in [5, 5.41) is 2.96. The van der Waals surface area contributed by atoms with Crippen molar-refractivity contribution in [3.63, 3.8) is 0 Å². The minimum absolute atomic E-state index is 0. The standard InChI is InChI=1S/C11H24N2O2.ClH/c1-5-8(2)9(3)13-11(14)6-10(7-12)15-4;/h8-10H,5-7,12H2,1-4H3,(H,13,14);1H. The maximum absolute atomic E-state index is 11.6. The van der Waals surface area contributed by atoms with Gasteiger partial charge in [-0.3, -0.25) is 4.79 Å². The zero-order chi connectivity index (χ0) is 11.8. The van der Waals surface area contributed by atoms with Gasteiger partial charge >= 0.3 is 0 Å². The highest BCUT2D eigenvalue weighted by Gasteiger charge is 2.16. The molecule has 0 fully saturated rings. The lowest BCUT2D eigenvalue weighted by Gasteiger charge is -2.21. The Balaban J connectivity index is 0. The van der Waals surface area contributed by atoms with Crippen molar-refractivity contribution in [1.29, 1.82) is 0 Å². The van der Waals surface area contributed by atoms with Crippen molar-refractivity contribution in [2.45, 2.75) is 45.8 Å². The van der Waals surface area contributed by atoms with Crippen molar-refractivity contribution in [2.24, 2.45) is 11.7 Å². The first kappa shape index (κ1) is 18.1. The normalized spacial score (nSPS) is 15.8. The number of hydrogen-bond acceptors (Lipinski definition) is 3. The number of nitrogens with two attached hydrogens (primary N) is 1. The van der Waals surface area contributed by atoms with Crippen LogP contribution in [0, 0.1) is 5.92 Å². The molecule has 5 heteroatoms. The highest BCUT2D eigenvalue weighted by atomic mass is 35.5. The van der Waals surface area contributed by atoms with E-state index < -0.39 is 0 Å². The third-order valence-electron chi connectivity index (χ3n) is 2.90. The van der Waals surface area contributed by atoms with Crippen LogP contribution in [0.1, 0.15) is 33.6 Å². The van der Waals surface area contributed by atoms with Gasteiger partial charge in [-0.05, 0) is 12.8 Å². The van der Waals surface area contributed by atoms with Gasteiger partial charge in [-0.15, -0.1) is 12.4 Å². The van der Waals surface area contributed by atoms with Gasteiger partial charge in [-0.25, -0.2) is 0 Å². The summed E-state index contributed by atoms with van der Waals surface area (Å²) in [6.07, 6.45) is 1.23. The van der Waals surface area contributed by atoms with Crippen molar-refractivity contribution in [1.82, 2.24) is 5.32 Å². The molecule has 0 aromatic carbocycles. The first-order valence-corrected chi connectivity index (χ1v) is 5.57. The summed E-state index contributed by atoms with van der Waals surface area (Å²) < 4.78 is 5.05. The molecular weight excluding hydrogens is 228 g/mol. The molecule has 3 unspecified atom stereocenters. The molecule has 0 aliphatic carbocycles. The van der Waals surface area contributed by atoms with E-state index in [0.29, 0.717) is 18.9 Å². The maximum Gasteiger partial charge on any atom is 0.222 e. The predicted octanol–water partition coefficient (Wildman–Crippen LogP) is 1.32. The fraction of sp³-hybridized carbons (Fsp3) is 0.909. The molecule has 1 amide bonds. The fourth-order valence-corrected chi connectivity index (χ4v) is 1.28. The van der Waals surface area contributed by atoms with Crippen LogP contribution in [-0.2, 0) is 9.53 Å². The van der Waals surface area contributed by atoms with Gasteiger partial charge in [0.1, 0.15) is 0 Å². The van der Waals surface area contributed by atoms with Crippen molar-refractivity contribution >= 4 is 18.3 Å². The first-order chi connectivity index (χ1) is 7.04. The number of ether oxygens (including phenoxy) is 1. The van der Waals surface area contributed by atoms with E-state index in [2.05, 4.69) is 19.2 Å². The summed E-state index contributed by atoms with van der Waals surface area (Å²) in [5.74, 6) is 0.507. The van der Waals surface area contributed by atoms with Gasteiger partial charge in [0.25, 0.3) is 0 Å². The Hall–Kier alpha value is -0.320. The summed E-state index contributed by atoms with van der Waals surface area (Å²) in [5.41, 5.74) is 5.44. The summed E-state index contributed by atoms with van der Waals surface area (Å²) in [6, 6.07) is 0.206. The molecule has 0 saturated heterocycles. The van der Waals surface area contributed by atoms with E-state index in [9.17, 15) is 4.79 Å². The summed E-state index contributed by atoms with van der Waals surface area (Å²) in [7, 11) is 1.57. The maximum atomic E-state index is 11.6. The van der Waals surface area contributed by atoms with E-state index in [4.69, 9.17) is 10.5 Å². The van der Waals surface area contributed by atoms with Crippen LogP contribution >= 0.6 is 12.4 Å². The third-order valence-corrected chi connectivity index (χ3v) is 2.90. The zero-order valence-electron chi connectivity index (χ0n) is 10.7. The second kappa shape index (κ2) is 9.87. The van der Waals surface area contributed by atoms with Crippen LogP contribution in [0.5, 0.6) is 0 Å². The zero-order valence-corrected chi connectivity index (χ0v) is 11.5. The minimum Gasteiger partial charge on any atom is -0.380 e. The van der Waals surface area contributed by atoms with E-state index in [-0.39, 0.29) is 30.5 Å². The number of nitrogens with one attached hydrogen (secondary N) is 1. The molecule has 0 aromatic rings. The van der Waals surface area contributed by atoms with Crippen LogP contribution in [0.3, 0.4) is 0 Å². The number of amides is 1. The molecule has 0 rings (SSSR count). The van der Waals surface area contributed by atoms with Crippen LogP contribution in [0.15, 0.2) is 0 Å². The van der Waals surface area contributed by atoms with E-state index in [0.717, 1.165) is 6.42 Å². The van der Waals surface area contributed by atoms with Crippen LogP contribution in [-0.4, -0.2) is 31.7 Å². The van der Waals surface area contributed by atoms with Gasteiger partial charge in [0.15, 0.2) is 0 Å². The second-order valence-electron chi connectivity index (χ2n) is 4.04. The monoisotopic (exact) mass is 252 g/mol. The number of carbonyl (C=O) groups is 1. The van der Waals surface area contributed by atoms with E-state index in [1.165, 1.54) is 0 Å². The Kier molecular flexibility index (Phi) is 11.1. The topological polar surface area (TPSA) is 64.4 Å². The van der Waals surface area contributed by atoms with Crippen molar-refractivity contribution in [3.05, 3.63) is 0 Å². The van der Waals surface area contributed by atoms with Gasteiger partial charge < -0.3 is 15.8 Å². The Labute approximate surface area is 105 Å². The lowest BCUT2D eigenvalue weighted by atomic mass is 10.0. The first-order valence-electron chi connectivity index (χ1n) is 5.57. The van der Waals surface area contributed by atoms with E-state index >= 15 is 0 Å². The highest BCUT2D eigenvalue weighted by molar-refractivity contribution is 5.85. The molecule has 0 saturated carbocycles. The van der Waals surface area contributed by atoms with E-state index in [1.54, 1.807) is 7.11 Å². The fourth-order valence-electron chi connectivity index (χ4n) is 1.28. The summed E-state index contributed by atoms with van der Waals surface area (Å²) in [6.45, 7) is 6.64. The average Bonchev–Trinajstić information content (AvgIpc) is 2.24. The molecule has 0 heterocycles. The largest absolute Gasteiger partial charge is 0.380 e. The predicted molar refractivity (Wildman–Crippen MR) is 68.8 cm³/mol. The lowest BCUT2D eigenvalue weighted by Crippen LogP contribution is -2.39. The van der Waals surface area contributed by atoms with E-state index in [1.807, 2.05) is 6.92 Å². The number of rotatable bonds is 7. The smallest absolute Gasteiger partial charge is 0.222 e. The Morgan fingerprint density at radius 2 is 2.00 bits per heavy atom. The Bertz CT molecular complexity index is 187. The quantitative estimate of drug-likeness (QED) is 0.718. The van der Waals surface area contributed by atoms with Crippen LogP contribution in [0.25, 0.3) is 0 Å². The highest BCUT2D eigenvalue weighted by Crippen LogP contribution is 2.07. The lowest BCUT2D eigenvalue weighted by molar-refractivity contribution is -0.124. The number of methoxy groups -OCH3 is 1. The Morgan fingerprint density at radius 3 is 2.38 bits per heavy atom. The number of hydrogen-bond donors (Lipinski definition) is 2. The van der Waals surface area contributed by atoms with Crippen LogP contribution in [0.4, 0.5) is 0 Å². The molecule has 3 N–H and O–H groups in total. The molecule has 16 heavy (non-hydrogen) atoms. The summed E-state index contributed by atoms with van der Waals surface area (Å²) >= 11 is 0. The van der Waals surface area contributed by atoms with Gasteiger partial charge in [0, 0.05) is 19.7 Å². The molecule has 0 radical (unpaired) electrons. The van der Waals surface area contributed by atoms with Gasteiger partial charge in [0.05, 0.1) is 12.5 Å². The molecule has 0 bridgehead atoms. The molecule has 98 valence electrons. The van der Waals surface area contributed by atoms with Gasteiger partial charge in [-0.2, -0.15) is 0 Å². The molecule has 3 atom stereocenters. The third kappa shape index (κ3) is 7.04. The van der Waals surface area contributed by atoms with Crippen molar-refractivity contribution in [2.75, 3.05) is 13.7 Å². The molecule has 0 spiro atoms. The molecular formula is C11H25ClN2O2. The van der Waals surface area contributed by atoms with Crippen molar-refractivity contribution < 1.29 is 9.53 Å². The second-order valence-corrected chi connectivity index (χ2v) is 4.04. The van der Waals surface area contributed by atoms with Gasteiger partial charge in [0.2, 0.25) is 5.91 Å². The average molecular weight is 253 g/mol. The minimum atomic E-state index is -0.172. The SMILES string of the molecule is CCC(C)C(C)NC(=O)CC(CN)OC.Cl. The molecule has 0 aromatic heterocycles.